The van der Waals surface area contributed by atoms with Crippen LogP contribution in [0.1, 0.15) is 50.3 Å². The molecule has 0 aliphatic rings. The molecule has 0 saturated heterocycles. The van der Waals surface area contributed by atoms with Crippen LogP contribution in [0.3, 0.4) is 0 Å². The van der Waals surface area contributed by atoms with E-state index in [1.165, 1.54) is 17.0 Å². The first kappa shape index (κ1) is 32.2. The highest BCUT2D eigenvalue weighted by atomic mass is 35.5. The summed E-state index contributed by atoms with van der Waals surface area (Å²) in [6.07, 6.45) is 1.64. The lowest BCUT2D eigenvalue weighted by molar-refractivity contribution is -0.139. The summed E-state index contributed by atoms with van der Waals surface area (Å²) >= 11 is 6.40. The molecule has 0 radical (unpaired) electrons. The number of rotatable bonds is 13. The Morgan fingerprint density at radius 3 is 2.17 bits per heavy atom. The van der Waals surface area contributed by atoms with Crippen LogP contribution in [0.25, 0.3) is 0 Å². The molecule has 3 aromatic rings. The van der Waals surface area contributed by atoms with Crippen molar-refractivity contribution in [3.63, 3.8) is 0 Å². The van der Waals surface area contributed by atoms with E-state index in [1.807, 2.05) is 58.0 Å². The van der Waals surface area contributed by atoms with Gasteiger partial charge in [0.15, 0.2) is 0 Å². The molecule has 0 fully saturated rings. The van der Waals surface area contributed by atoms with E-state index in [1.54, 1.807) is 37.3 Å². The van der Waals surface area contributed by atoms with Crippen LogP contribution in [0.5, 0.6) is 0 Å². The second-order valence-corrected chi connectivity index (χ2v) is 12.5. The average molecular weight is 598 g/mol. The summed E-state index contributed by atoms with van der Waals surface area (Å²) < 4.78 is 29.2. The van der Waals surface area contributed by atoms with Crippen LogP contribution in [0, 0.1) is 13.8 Å². The lowest BCUT2D eigenvalue weighted by Gasteiger charge is -2.34. The quantitative estimate of drug-likeness (QED) is 0.265. The maximum Gasteiger partial charge on any atom is 0.264 e. The van der Waals surface area contributed by atoms with Crippen molar-refractivity contribution in [1.29, 1.82) is 0 Å². The van der Waals surface area contributed by atoms with Crippen LogP contribution in [0.4, 0.5) is 5.69 Å². The minimum absolute atomic E-state index is 0.0600. The molecule has 0 spiro atoms. The molecule has 220 valence electrons. The number of carbonyl (C=O) groups excluding carboxylic acids is 2. The van der Waals surface area contributed by atoms with Crippen molar-refractivity contribution in [2.45, 2.75) is 70.9 Å². The van der Waals surface area contributed by atoms with Crippen LogP contribution in [-0.2, 0) is 26.0 Å². The van der Waals surface area contributed by atoms with Crippen LogP contribution in [0.15, 0.2) is 77.7 Å². The number of sulfonamides is 1. The van der Waals surface area contributed by atoms with Gasteiger partial charge in [-0.2, -0.15) is 0 Å². The molecule has 41 heavy (non-hydrogen) atoms. The fourth-order valence-electron chi connectivity index (χ4n) is 4.55. The van der Waals surface area contributed by atoms with Crippen molar-refractivity contribution in [2.75, 3.05) is 17.4 Å². The van der Waals surface area contributed by atoms with E-state index < -0.39 is 28.5 Å². The van der Waals surface area contributed by atoms with Crippen molar-refractivity contribution in [3.05, 3.63) is 94.5 Å². The van der Waals surface area contributed by atoms with E-state index in [2.05, 4.69) is 5.32 Å². The minimum Gasteiger partial charge on any atom is -0.352 e. The van der Waals surface area contributed by atoms with Crippen molar-refractivity contribution >= 4 is 39.1 Å². The van der Waals surface area contributed by atoms with Crippen LogP contribution < -0.4 is 9.62 Å². The first-order chi connectivity index (χ1) is 19.5. The Morgan fingerprint density at radius 1 is 0.902 bits per heavy atom. The predicted molar refractivity (Wildman–Crippen MR) is 166 cm³/mol. The van der Waals surface area contributed by atoms with E-state index in [9.17, 15) is 18.0 Å². The molecule has 0 aromatic heterocycles. The molecule has 0 aliphatic heterocycles. The van der Waals surface area contributed by atoms with E-state index in [-0.39, 0.29) is 23.4 Å². The van der Waals surface area contributed by atoms with Gasteiger partial charge in [0, 0.05) is 17.6 Å². The Labute approximate surface area is 249 Å². The third kappa shape index (κ3) is 8.11. The molecule has 2 amide bonds. The van der Waals surface area contributed by atoms with Gasteiger partial charge >= 0.3 is 0 Å². The van der Waals surface area contributed by atoms with E-state index >= 15 is 0 Å². The van der Waals surface area contributed by atoms with Crippen molar-refractivity contribution in [2.24, 2.45) is 0 Å². The number of benzene rings is 3. The van der Waals surface area contributed by atoms with Crippen molar-refractivity contribution in [3.8, 4) is 0 Å². The lowest BCUT2D eigenvalue weighted by atomic mass is 10.1. The standard InChI is InChI=1S/C32H40ClN3O4S/c1-6-24(4)34-32(38)29(7-2)35(21-20-26-12-9-8-10-13-26)31(37)22-36(30-15-11-14-28(33)25(30)5)41(39,40)27-18-16-23(3)17-19-27/h8-19,24,29H,6-7,20-22H2,1-5H3,(H,34,38)/t24-,29+/m1/s1. The van der Waals surface area contributed by atoms with Crippen LogP contribution in [0.2, 0.25) is 5.02 Å². The molecule has 3 rings (SSSR count). The monoisotopic (exact) mass is 597 g/mol. The maximum atomic E-state index is 14.1. The highest BCUT2D eigenvalue weighted by molar-refractivity contribution is 7.92. The second-order valence-electron chi connectivity index (χ2n) is 10.3. The zero-order chi connectivity index (χ0) is 30.2. The number of nitrogens with one attached hydrogen (secondary N) is 1. The number of anilines is 1. The summed E-state index contributed by atoms with van der Waals surface area (Å²) in [7, 11) is -4.15. The molecule has 1 N–H and O–H groups in total. The summed E-state index contributed by atoms with van der Waals surface area (Å²) in [4.78, 5) is 29.1. The van der Waals surface area contributed by atoms with Crippen LogP contribution in [-0.4, -0.2) is 50.3 Å². The Bertz CT molecular complexity index is 1430. The molecule has 9 heteroatoms. The van der Waals surface area contributed by atoms with Gasteiger partial charge in [0.1, 0.15) is 12.6 Å². The zero-order valence-electron chi connectivity index (χ0n) is 24.4. The summed E-state index contributed by atoms with van der Waals surface area (Å²) in [5.41, 5.74) is 2.77. The SMILES string of the molecule is CC[C@@H](C)NC(=O)[C@H](CC)N(CCc1ccccc1)C(=O)CN(c1cccc(Cl)c1C)S(=O)(=O)c1ccc(C)cc1. The Hall–Kier alpha value is -3.36. The molecule has 3 aromatic carbocycles. The molecule has 7 nitrogen and oxygen atoms in total. The highest BCUT2D eigenvalue weighted by Gasteiger charge is 2.34. The number of nitrogens with zero attached hydrogens (tertiary/aromatic N) is 2. The Morgan fingerprint density at radius 2 is 1.56 bits per heavy atom. The van der Waals surface area contributed by atoms with Gasteiger partial charge in [-0.25, -0.2) is 8.42 Å². The third-order valence-electron chi connectivity index (χ3n) is 7.27. The second kappa shape index (κ2) is 14.5. The first-order valence-corrected chi connectivity index (χ1v) is 15.8. The normalized spacial score (nSPS) is 12.8. The number of hydrogen-bond donors (Lipinski definition) is 1. The molecule has 0 bridgehead atoms. The highest BCUT2D eigenvalue weighted by Crippen LogP contribution is 2.31. The van der Waals surface area contributed by atoms with Gasteiger partial charge in [0.25, 0.3) is 10.0 Å². The molecule has 0 heterocycles. The summed E-state index contributed by atoms with van der Waals surface area (Å²) in [5.74, 6) is -0.725. The predicted octanol–water partition coefficient (Wildman–Crippen LogP) is 5.92. The smallest absolute Gasteiger partial charge is 0.264 e. The fraction of sp³-hybridized carbons (Fsp3) is 0.375. The minimum atomic E-state index is -4.15. The van der Waals surface area contributed by atoms with Crippen LogP contribution >= 0.6 is 11.6 Å². The number of carbonyl (C=O) groups is 2. The van der Waals surface area contributed by atoms with E-state index in [0.717, 1.165) is 21.9 Å². The lowest BCUT2D eigenvalue weighted by Crippen LogP contribution is -2.54. The molecule has 0 unspecified atom stereocenters. The van der Waals surface area contributed by atoms with Gasteiger partial charge in [0.05, 0.1) is 10.6 Å². The van der Waals surface area contributed by atoms with E-state index in [0.29, 0.717) is 29.1 Å². The number of amides is 2. The first-order valence-electron chi connectivity index (χ1n) is 14.0. The summed E-state index contributed by atoms with van der Waals surface area (Å²) in [6, 6.07) is 20.4. The Balaban J connectivity index is 2.05. The number of aryl methyl sites for hydroxylation is 1. The molecule has 2 atom stereocenters. The topological polar surface area (TPSA) is 86.8 Å². The Kier molecular flexibility index (Phi) is 11.4. The number of hydrogen-bond acceptors (Lipinski definition) is 4. The van der Waals surface area contributed by atoms with Gasteiger partial charge in [-0.1, -0.05) is 79.5 Å². The molecular formula is C32H40ClN3O4S. The van der Waals surface area contributed by atoms with Gasteiger partial charge in [-0.05, 0) is 75.4 Å². The average Bonchev–Trinajstić information content (AvgIpc) is 2.96. The molecular weight excluding hydrogens is 558 g/mol. The van der Waals surface area contributed by atoms with Crippen molar-refractivity contribution < 1.29 is 18.0 Å². The fourth-order valence-corrected chi connectivity index (χ4v) is 6.20. The summed E-state index contributed by atoms with van der Waals surface area (Å²) in [6.45, 7) is 9.11. The van der Waals surface area contributed by atoms with Gasteiger partial charge < -0.3 is 10.2 Å². The van der Waals surface area contributed by atoms with Gasteiger partial charge in [0.2, 0.25) is 11.8 Å². The van der Waals surface area contributed by atoms with Gasteiger partial charge in [-0.15, -0.1) is 0 Å². The maximum absolute atomic E-state index is 14.1. The number of halogens is 1. The van der Waals surface area contributed by atoms with Crippen molar-refractivity contribution in [1.82, 2.24) is 10.2 Å². The van der Waals surface area contributed by atoms with E-state index in [4.69, 9.17) is 11.6 Å². The third-order valence-corrected chi connectivity index (χ3v) is 9.45. The summed E-state index contributed by atoms with van der Waals surface area (Å²) in [5, 5.41) is 3.38. The molecule has 0 aliphatic carbocycles. The molecule has 0 saturated carbocycles. The van der Waals surface area contributed by atoms with Gasteiger partial charge in [-0.3, -0.25) is 13.9 Å². The largest absolute Gasteiger partial charge is 0.352 e. The zero-order valence-corrected chi connectivity index (χ0v) is 26.0.